The third-order valence-electron chi connectivity index (χ3n) is 5.26. The molecule has 1 aliphatic heterocycles. The van der Waals surface area contributed by atoms with Crippen molar-refractivity contribution in [2.45, 2.75) is 0 Å². The van der Waals surface area contributed by atoms with Gasteiger partial charge in [0.1, 0.15) is 5.58 Å². The third-order valence-corrected chi connectivity index (χ3v) is 6.66. The molecule has 1 fully saturated rings. The molecule has 0 N–H and O–H groups in total. The zero-order valence-corrected chi connectivity index (χ0v) is 17.0. The van der Waals surface area contributed by atoms with Gasteiger partial charge < -0.3 is 14.2 Å². The molecule has 0 spiro atoms. The van der Waals surface area contributed by atoms with Crippen molar-refractivity contribution >= 4 is 55.6 Å². The van der Waals surface area contributed by atoms with Crippen molar-refractivity contribution in [3.63, 3.8) is 0 Å². The zero-order chi connectivity index (χ0) is 20.0. The summed E-state index contributed by atoms with van der Waals surface area (Å²) in [5.41, 5.74) is 1.25. The molecule has 0 radical (unpaired) electrons. The lowest BCUT2D eigenvalue weighted by atomic mass is 10.2. The van der Waals surface area contributed by atoms with Crippen LogP contribution in [0.2, 0.25) is 5.02 Å². The molecule has 0 aliphatic carbocycles. The van der Waals surface area contributed by atoms with E-state index < -0.39 is 5.63 Å². The molecule has 3 heterocycles. The maximum absolute atomic E-state index is 13.1. The lowest BCUT2D eigenvalue weighted by Gasteiger charge is -2.36. The monoisotopic (exact) mass is 424 g/mol. The van der Waals surface area contributed by atoms with Gasteiger partial charge in [0.05, 0.1) is 15.0 Å². The van der Waals surface area contributed by atoms with Crippen LogP contribution >= 0.6 is 22.9 Å². The van der Waals surface area contributed by atoms with Crippen molar-refractivity contribution in [1.29, 1.82) is 0 Å². The van der Waals surface area contributed by atoms with E-state index in [1.807, 2.05) is 47.4 Å². The summed E-state index contributed by atoms with van der Waals surface area (Å²) in [5, 5.41) is 2.04. The van der Waals surface area contributed by atoms with Crippen molar-refractivity contribution in [2.24, 2.45) is 0 Å². The molecule has 0 saturated carbocycles. The maximum atomic E-state index is 13.1. The summed E-state index contributed by atoms with van der Waals surface area (Å²) in [4.78, 5) is 30.1. The highest BCUT2D eigenvalue weighted by atomic mass is 35.5. The number of fused-ring (bicyclic) bond motifs is 3. The van der Waals surface area contributed by atoms with Crippen LogP contribution in [0.4, 0.5) is 5.69 Å². The summed E-state index contributed by atoms with van der Waals surface area (Å²) in [6, 6.07) is 16.8. The largest absolute Gasteiger partial charge is 0.422 e. The van der Waals surface area contributed by atoms with E-state index in [2.05, 4.69) is 4.90 Å². The van der Waals surface area contributed by atoms with Crippen LogP contribution in [0.5, 0.6) is 0 Å². The van der Waals surface area contributed by atoms with Crippen LogP contribution in [0.3, 0.4) is 0 Å². The molecule has 0 unspecified atom stereocenters. The average Bonchev–Trinajstić information content (AvgIpc) is 3.21. The van der Waals surface area contributed by atoms with Gasteiger partial charge in [-0.2, -0.15) is 0 Å². The summed E-state index contributed by atoms with van der Waals surface area (Å²) in [7, 11) is 0. The Labute approximate surface area is 175 Å². The highest BCUT2D eigenvalue weighted by Gasteiger charge is 2.24. The van der Waals surface area contributed by atoms with E-state index >= 15 is 0 Å². The summed E-state index contributed by atoms with van der Waals surface area (Å²) in [6.45, 7) is 2.77. The number of nitrogens with zero attached hydrogens (tertiary/aromatic N) is 2. The van der Waals surface area contributed by atoms with E-state index in [0.717, 1.165) is 28.9 Å². The molecule has 29 heavy (non-hydrogen) atoms. The third kappa shape index (κ3) is 3.28. The van der Waals surface area contributed by atoms with Crippen LogP contribution in [-0.4, -0.2) is 37.0 Å². The van der Waals surface area contributed by atoms with Crippen molar-refractivity contribution in [1.82, 2.24) is 4.90 Å². The van der Waals surface area contributed by atoms with E-state index in [9.17, 15) is 9.59 Å². The van der Waals surface area contributed by atoms with Gasteiger partial charge in [-0.05, 0) is 42.5 Å². The number of anilines is 1. The summed E-state index contributed by atoms with van der Waals surface area (Å²) in [5.74, 6) is -0.0366. The Hall–Kier alpha value is -2.83. The first kappa shape index (κ1) is 18.2. The molecule has 5 rings (SSSR count). The van der Waals surface area contributed by atoms with Crippen molar-refractivity contribution in [3.8, 4) is 0 Å². The van der Waals surface area contributed by atoms with E-state index in [-0.39, 0.29) is 5.91 Å². The molecular weight excluding hydrogens is 408 g/mol. The molecule has 1 aliphatic rings. The predicted octanol–water partition coefficient (Wildman–Crippen LogP) is 4.62. The van der Waals surface area contributed by atoms with Gasteiger partial charge >= 0.3 is 5.63 Å². The Balaban J connectivity index is 1.39. The standard InChI is InChI=1S/C22H17ClN2O3S/c23-14-5-7-15(8-6-14)24-9-11-25(12-10-24)21(26)19-13-17-20(29-19)16-3-1-2-4-18(16)28-22(17)27/h1-8,13H,9-12H2. The minimum atomic E-state index is -0.401. The van der Waals surface area contributed by atoms with Gasteiger partial charge in [-0.3, -0.25) is 4.79 Å². The summed E-state index contributed by atoms with van der Waals surface area (Å²) < 4.78 is 6.20. The minimum Gasteiger partial charge on any atom is -0.422 e. The van der Waals surface area contributed by atoms with Crippen molar-refractivity contribution < 1.29 is 9.21 Å². The Morgan fingerprint density at radius 3 is 2.45 bits per heavy atom. The Kier molecular flexibility index (Phi) is 4.53. The lowest BCUT2D eigenvalue weighted by molar-refractivity contribution is 0.0752. The molecular formula is C22H17ClN2O3S. The Bertz CT molecular complexity index is 1270. The number of para-hydroxylation sites is 1. The highest BCUT2D eigenvalue weighted by molar-refractivity contribution is 7.21. The molecule has 146 valence electrons. The Morgan fingerprint density at radius 1 is 0.966 bits per heavy atom. The number of carbonyl (C=O) groups is 1. The SMILES string of the molecule is O=C(c1cc2c(=O)oc3ccccc3c2s1)N1CCN(c2ccc(Cl)cc2)CC1. The topological polar surface area (TPSA) is 53.8 Å². The molecule has 0 bridgehead atoms. The first-order valence-corrected chi connectivity index (χ1v) is 10.5. The average molecular weight is 425 g/mol. The second-order valence-corrected chi connectivity index (χ2v) is 8.48. The number of rotatable bonds is 2. The van der Waals surface area contributed by atoms with Crippen LogP contribution in [0.25, 0.3) is 21.1 Å². The van der Waals surface area contributed by atoms with Gasteiger partial charge in [0, 0.05) is 42.3 Å². The van der Waals surface area contributed by atoms with Gasteiger partial charge in [-0.25, -0.2) is 4.79 Å². The molecule has 1 saturated heterocycles. The summed E-state index contributed by atoms with van der Waals surface area (Å²) in [6.07, 6.45) is 0. The smallest absolute Gasteiger partial charge is 0.345 e. The van der Waals surface area contributed by atoms with Crippen molar-refractivity contribution in [2.75, 3.05) is 31.1 Å². The van der Waals surface area contributed by atoms with Gasteiger partial charge in [-0.1, -0.05) is 23.7 Å². The molecule has 2 aromatic carbocycles. The predicted molar refractivity (Wildman–Crippen MR) is 117 cm³/mol. The van der Waals surface area contributed by atoms with Gasteiger partial charge in [0.15, 0.2) is 0 Å². The highest BCUT2D eigenvalue weighted by Crippen LogP contribution is 2.31. The number of amides is 1. The van der Waals surface area contributed by atoms with Gasteiger partial charge in [0.2, 0.25) is 0 Å². The number of piperazine rings is 1. The molecule has 2 aromatic heterocycles. The molecule has 0 atom stereocenters. The lowest BCUT2D eigenvalue weighted by Crippen LogP contribution is -2.48. The zero-order valence-electron chi connectivity index (χ0n) is 15.4. The normalized spacial score (nSPS) is 14.7. The van der Waals surface area contributed by atoms with Crippen LogP contribution in [-0.2, 0) is 0 Å². The van der Waals surface area contributed by atoms with Crippen LogP contribution in [0, 0.1) is 0 Å². The second-order valence-electron chi connectivity index (χ2n) is 6.99. The van der Waals surface area contributed by atoms with Crippen LogP contribution < -0.4 is 10.5 Å². The fourth-order valence-electron chi connectivity index (χ4n) is 3.72. The fraction of sp³-hybridized carbons (Fsp3) is 0.182. The van der Waals surface area contributed by atoms with E-state index in [1.165, 1.54) is 11.3 Å². The number of carbonyl (C=O) groups excluding carboxylic acids is 1. The molecule has 5 nitrogen and oxygen atoms in total. The van der Waals surface area contributed by atoms with Crippen LogP contribution in [0.15, 0.2) is 63.8 Å². The van der Waals surface area contributed by atoms with E-state index in [4.69, 9.17) is 16.0 Å². The number of hydrogen-bond donors (Lipinski definition) is 0. The number of benzene rings is 2. The summed E-state index contributed by atoms with van der Waals surface area (Å²) >= 11 is 7.33. The molecule has 1 amide bonds. The van der Waals surface area contributed by atoms with E-state index in [0.29, 0.717) is 34.0 Å². The molecule has 7 heteroatoms. The van der Waals surface area contributed by atoms with Gasteiger partial charge in [-0.15, -0.1) is 11.3 Å². The number of thiophene rings is 1. The van der Waals surface area contributed by atoms with Crippen molar-refractivity contribution in [3.05, 3.63) is 74.9 Å². The first-order chi connectivity index (χ1) is 14.1. The van der Waals surface area contributed by atoms with Crippen LogP contribution in [0.1, 0.15) is 9.67 Å². The van der Waals surface area contributed by atoms with Gasteiger partial charge in [0.25, 0.3) is 5.91 Å². The van der Waals surface area contributed by atoms with E-state index in [1.54, 1.807) is 12.1 Å². The Morgan fingerprint density at radius 2 is 1.69 bits per heavy atom. The second kappa shape index (κ2) is 7.21. The maximum Gasteiger partial charge on any atom is 0.345 e. The quantitative estimate of drug-likeness (QED) is 0.440. The minimum absolute atomic E-state index is 0.0366. The fourth-order valence-corrected chi connectivity index (χ4v) is 4.99. The number of halogens is 1. The molecule has 4 aromatic rings. The first-order valence-electron chi connectivity index (χ1n) is 9.35. The number of hydrogen-bond acceptors (Lipinski definition) is 5.